The van der Waals surface area contributed by atoms with Gasteiger partial charge in [-0.15, -0.1) is 0 Å². The van der Waals surface area contributed by atoms with Crippen molar-refractivity contribution >= 4 is 11.8 Å². The van der Waals surface area contributed by atoms with Gasteiger partial charge < -0.3 is 18.9 Å². The van der Waals surface area contributed by atoms with Crippen LogP contribution in [0.25, 0.3) is 11.1 Å². The molecule has 0 radical (unpaired) electrons. The van der Waals surface area contributed by atoms with Crippen LogP contribution in [-0.2, 0) is 16.0 Å². The SMILES string of the molecule is COc1ccc(-c2ccc3c(c2)CCC3=O)c(OCC(=O)OCC2CC2)c1OC. The number of carbonyl (C=O) groups excluding carboxylic acids is 2. The maximum atomic E-state index is 12.1. The number of carbonyl (C=O) groups is 2. The number of Topliss-reactive ketones (excluding diaryl/α,β-unsaturated/α-hetero) is 1. The van der Waals surface area contributed by atoms with E-state index in [1.54, 1.807) is 13.2 Å². The number of benzene rings is 2. The van der Waals surface area contributed by atoms with Crippen molar-refractivity contribution in [1.29, 1.82) is 0 Å². The molecule has 0 heterocycles. The summed E-state index contributed by atoms with van der Waals surface area (Å²) in [5.74, 6) is 1.60. The molecule has 2 aromatic carbocycles. The van der Waals surface area contributed by atoms with Gasteiger partial charge in [-0.05, 0) is 48.4 Å². The van der Waals surface area contributed by atoms with Crippen LogP contribution in [0.2, 0.25) is 0 Å². The number of rotatable bonds is 8. The van der Waals surface area contributed by atoms with Gasteiger partial charge in [-0.1, -0.05) is 18.2 Å². The molecule has 0 atom stereocenters. The molecule has 2 aromatic rings. The number of aryl methyl sites for hydroxylation is 1. The normalized spacial score (nSPS) is 15.0. The lowest BCUT2D eigenvalue weighted by atomic mass is 9.99. The Bertz CT molecular complexity index is 945. The zero-order chi connectivity index (χ0) is 20.4. The number of ketones is 1. The maximum absolute atomic E-state index is 12.1. The Morgan fingerprint density at radius 3 is 2.52 bits per heavy atom. The third-order valence-corrected chi connectivity index (χ3v) is 5.35. The Morgan fingerprint density at radius 1 is 1.00 bits per heavy atom. The Balaban J connectivity index is 1.64. The predicted octanol–water partition coefficient (Wildman–Crippen LogP) is 3.83. The van der Waals surface area contributed by atoms with E-state index < -0.39 is 5.97 Å². The average Bonchev–Trinajstić information content (AvgIpc) is 3.51. The zero-order valence-electron chi connectivity index (χ0n) is 16.7. The second-order valence-corrected chi connectivity index (χ2v) is 7.39. The molecule has 0 spiro atoms. The second-order valence-electron chi connectivity index (χ2n) is 7.39. The van der Waals surface area contributed by atoms with Crippen molar-refractivity contribution in [2.45, 2.75) is 25.7 Å². The fourth-order valence-corrected chi connectivity index (χ4v) is 3.56. The highest BCUT2D eigenvalue weighted by atomic mass is 16.6. The molecule has 6 heteroatoms. The van der Waals surface area contributed by atoms with Gasteiger partial charge in [-0.25, -0.2) is 4.79 Å². The molecule has 0 N–H and O–H groups in total. The average molecular weight is 396 g/mol. The number of hydrogen-bond acceptors (Lipinski definition) is 6. The first-order valence-corrected chi connectivity index (χ1v) is 9.80. The number of ether oxygens (including phenoxy) is 4. The largest absolute Gasteiger partial charge is 0.493 e. The van der Waals surface area contributed by atoms with Crippen LogP contribution in [0.15, 0.2) is 30.3 Å². The van der Waals surface area contributed by atoms with E-state index in [0.29, 0.717) is 36.2 Å². The monoisotopic (exact) mass is 396 g/mol. The van der Waals surface area contributed by atoms with Gasteiger partial charge in [0, 0.05) is 17.5 Å². The van der Waals surface area contributed by atoms with Gasteiger partial charge in [0.05, 0.1) is 20.8 Å². The minimum absolute atomic E-state index is 0.175. The zero-order valence-corrected chi connectivity index (χ0v) is 16.7. The minimum atomic E-state index is -0.410. The van der Waals surface area contributed by atoms with Crippen molar-refractivity contribution in [2.24, 2.45) is 5.92 Å². The van der Waals surface area contributed by atoms with E-state index in [9.17, 15) is 9.59 Å². The first-order valence-electron chi connectivity index (χ1n) is 9.80. The lowest BCUT2D eigenvalue weighted by molar-refractivity contribution is -0.146. The van der Waals surface area contributed by atoms with Gasteiger partial charge in [-0.2, -0.15) is 0 Å². The number of esters is 1. The molecule has 6 nitrogen and oxygen atoms in total. The summed E-state index contributed by atoms with van der Waals surface area (Å²) in [6, 6.07) is 9.40. The molecule has 0 unspecified atom stereocenters. The molecule has 0 saturated heterocycles. The van der Waals surface area contributed by atoms with E-state index in [1.807, 2.05) is 24.3 Å². The van der Waals surface area contributed by atoms with Crippen molar-refractivity contribution in [2.75, 3.05) is 27.4 Å². The van der Waals surface area contributed by atoms with Gasteiger partial charge in [0.15, 0.2) is 23.9 Å². The number of methoxy groups -OCH3 is 2. The van der Waals surface area contributed by atoms with Crippen LogP contribution in [0, 0.1) is 5.92 Å². The Hall–Kier alpha value is -3.02. The first-order chi connectivity index (χ1) is 14.1. The molecule has 4 rings (SSSR count). The van der Waals surface area contributed by atoms with E-state index in [1.165, 1.54) is 7.11 Å². The lowest BCUT2D eigenvalue weighted by Crippen LogP contribution is -2.16. The van der Waals surface area contributed by atoms with Crippen molar-refractivity contribution < 1.29 is 28.5 Å². The van der Waals surface area contributed by atoms with Crippen molar-refractivity contribution in [3.8, 4) is 28.4 Å². The van der Waals surface area contributed by atoms with E-state index in [4.69, 9.17) is 18.9 Å². The smallest absolute Gasteiger partial charge is 0.344 e. The summed E-state index contributed by atoms with van der Waals surface area (Å²) in [6.07, 6.45) is 3.51. The maximum Gasteiger partial charge on any atom is 0.344 e. The van der Waals surface area contributed by atoms with Crippen LogP contribution in [-0.4, -0.2) is 39.2 Å². The summed E-state index contributed by atoms with van der Waals surface area (Å²) in [5, 5.41) is 0. The predicted molar refractivity (Wildman–Crippen MR) is 107 cm³/mol. The van der Waals surface area contributed by atoms with Crippen LogP contribution >= 0.6 is 0 Å². The van der Waals surface area contributed by atoms with Gasteiger partial charge in [0.2, 0.25) is 5.75 Å². The molecule has 1 saturated carbocycles. The third-order valence-electron chi connectivity index (χ3n) is 5.35. The van der Waals surface area contributed by atoms with E-state index in [0.717, 1.165) is 41.5 Å². The minimum Gasteiger partial charge on any atom is -0.493 e. The molecule has 0 aromatic heterocycles. The van der Waals surface area contributed by atoms with Crippen LogP contribution in [0.4, 0.5) is 0 Å². The Kier molecular flexibility index (Phi) is 5.43. The third kappa shape index (κ3) is 4.06. The van der Waals surface area contributed by atoms with Crippen molar-refractivity contribution in [3.05, 3.63) is 41.5 Å². The summed E-state index contributed by atoms with van der Waals surface area (Å²) in [4.78, 5) is 24.0. The highest BCUT2D eigenvalue weighted by Gasteiger charge is 2.25. The molecule has 0 amide bonds. The van der Waals surface area contributed by atoms with Crippen molar-refractivity contribution in [3.63, 3.8) is 0 Å². The molecule has 29 heavy (non-hydrogen) atoms. The van der Waals surface area contributed by atoms with Crippen LogP contribution in [0.3, 0.4) is 0 Å². The summed E-state index contributed by atoms with van der Waals surface area (Å²) >= 11 is 0. The summed E-state index contributed by atoms with van der Waals surface area (Å²) < 4.78 is 22.0. The molecule has 1 fully saturated rings. The second kappa shape index (κ2) is 8.15. The van der Waals surface area contributed by atoms with Gasteiger partial charge in [0.1, 0.15) is 0 Å². The molecule has 0 aliphatic heterocycles. The first kappa shape index (κ1) is 19.3. The highest BCUT2D eigenvalue weighted by molar-refractivity contribution is 6.01. The molecule has 2 aliphatic rings. The van der Waals surface area contributed by atoms with Crippen molar-refractivity contribution in [1.82, 2.24) is 0 Å². The topological polar surface area (TPSA) is 71.1 Å². The molecular formula is C23H24O6. The fourth-order valence-electron chi connectivity index (χ4n) is 3.56. The van der Waals surface area contributed by atoms with Gasteiger partial charge in [0.25, 0.3) is 0 Å². The molecule has 152 valence electrons. The molecule has 0 bridgehead atoms. The molecule has 2 aliphatic carbocycles. The fraction of sp³-hybridized carbons (Fsp3) is 0.391. The van der Waals surface area contributed by atoms with Crippen LogP contribution < -0.4 is 14.2 Å². The quantitative estimate of drug-likeness (QED) is 0.632. The van der Waals surface area contributed by atoms with E-state index in [2.05, 4.69) is 0 Å². The number of hydrogen-bond donors (Lipinski definition) is 0. The number of fused-ring (bicyclic) bond motifs is 1. The van der Waals surface area contributed by atoms with E-state index in [-0.39, 0.29) is 12.4 Å². The Morgan fingerprint density at radius 2 is 1.79 bits per heavy atom. The summed E-state index contributed by atoms with van der Waals surface area (Å²) in [7, 11) is 3.08. The van der Waals surface area contributed by atoms with E-state index >= 15 is 0 Å². The van der Waals surface area contributed by atoms with Gasteiger partial charge >= 0.3 is 5.97 Å². The summed E-state index contributed by atoms with van der Waals surface area (Å²) in [5.41, 5.74) is 3.46. The Labute approximate surface area is 169 Å². The lowest BCUT2D eigenvalue weighted by Gasteiger charge is -2.18. The van der Waals surface area contributed by atoms with Crippen LogP contribution in [0.1, 0.15) is 35.2 Å². The summed E-state index contributed by atoms with van der Waals surface area (Å²) in [6.45, 7) is 0.232. The van der Waals surface area contributed by atoms with Gasteiger partial charge in [-0.3, -0.25) is 4.79 Å². The van der Waals surface area contributed by atoms with Crippen LogP contribution in [0.5, 0.6) is 17.2 Å². The highest BCUT2D eigenvalue weighted by Crippen LogP contribution is 2.45. The molecular weight excluding hydrogens is 372 g/mol. The standard InChI is InChI=1S/C23H24O6/c1-26-20-10-8-18(16-5-7-17-15(11-16)6-9-19(17)24)22(23(20)27-2)29-13-21(25)28-12-14-3-4-14/h5,7-8,10-11,14H,3-4,6,9,12-13H2,1-2H3.